The van der Waals surface area contributed by atoms with Gasteiger partial charge in [-0.2, -0.15) is 11.8 Å². The highest BCUT2D eigenvalue weighted by Crippen LogP contribution is 2.00. The molecule has 3 heteroatoms. The highest BCUT2D eigenvalue weighted by molar-refractivity contribution is 7.98. The molecule has 0 radical (unpaired) electrons. The Morgan fingerprint density at radius 2 is 2.33 bits per heavy atom. The zero-order valence-electron chi connectivity index (χ0n) is 6.01. The van der Waals surface area contributed by atoms with Crippen molar-refractivity contribution < 1.29 is 9.53 Å². The predicted octanol–water partition coefficient (Wildman–Crippen LogP) is 1.30. The first-order valence-electron chi connectivity index (χ1n) is 2.83. The van der Waals surface area contributed by atoms with Crippen molar-refractivity contribution in [2.45, 2.75) is 20.0 Å². The Morgan fingerprint density at radius 3 is 2.67 bits per heavy atom. The van der Waals surface area contributed by atoms with Crippen molar-refractivity contribution in [2.75, 3.05) is 12.0 Å². The molecule has 0 aromatic heterocycles. The summed E-state index contributed by atoms with van der Waals surface area (Å²) in [4.78, 5) is 10.3. The van der Waals surface area contributed by atoms with E-state index in [1.807, 2.05) is 13.2 Å². The van der Waals surface area contributed by atoms with E-state index < -0.39 is 0 Å². The third kappa shape index (κ3) is 5.69. The first-order chi connectivity index (χ1) is 4.16. The molecule has 0 spiro atoms. The fraction of sp³-hybridized carbons (Fsp3) is 0.833. The van der Waals surface area contributed by atoms with Gasteiger partial charge in [0.05, 0.1) is 0 Å². The molecule has 0 N–H and O–H groups in total. The number of thioether (sulfide) groups is 1. The standard InChI is InChI=1S/C6H12O2S/c1-5(4-9-3)8-6(2)7/h5H,4H2,1-3H3/t5-/m1/s1. The Kier molecular flexibility index (Phi) is 4.58. The summed E-state index contributed by atoms with van der Waals surface area (Å²) < 4.78 is 4.83. The zero-order valence-corrected chi connectivity index (χ0v) is 6.83. The second kappa shape index (κ2) is 4.68. The van der Waals surface area contributed by atoms with Gasteiger partial charge in [-0.15, -0.1) is 0 Å². The molecule has 0 heterocycles. The van der Waals surface area contributed by atoms with Gasteiger partial charge in [0.1, 0.15) is 6.10 Å². The molecule has 0 aliphatic rings. The average Bonchev–Trinajstić information content (AvgIpc) is 1.63. The molecule has 0 bridgehead atoms. The van der Waals surface area contributed by atoms with E-state index in [0.717, 1.165) is 5.75 Å². The van der Waals surface area contributed by atoms with Crippen LogP contribution in [0.25, 0.3) is 0 Å². The van der Waals surface area contributed by atoms with E-state index in [4.69, 9.17) is 4.74 Å². The Bertz CT molecular complexity index is 93.1. The molecular weight excluding hydrogens is 136 g/mol. The summed E-state index contributed by atoms with van der Waals surface area (Å²) >= 11 is 1.67. The number of rotatable bonds is 3. The van der Waals surface area contributed by atoms with Crippen LogP contribution >= 0.6 is 11.8 Å². The van der Waals surface area contributed by atoms with Crippen molar-refractivity contribution in [1.29, 1.82) is 0 Å². The minimum absolute atomic E-state index is 0.0532. The van der Waals surface area contributed by atoms with Gasteiger partial charge in [0.25, 0.3) is 0 Å². The normalized spacial score (nSPS) is 12.8. The Labute approximate surface area is 60.0 Å². The molecule has 0 aliphatic heterocycles. The van der Waals surface area contributed by atoms with E-state index in [1.54, 1.807) is 11.8 Å². The highest BCUT2D eigenvalue weighted by atomic mass is 32.2. The van der Waals surface area contributed by atoms with E-state index in [-0.39, 0.29) is 12.1 Å². The minimum atomic E-state index is -0.198. The molecule has 0 rings (SSSR count). The molecule has 0 fully saturated rings. The second-order valence-corrected chi connectivity index (χ2v) is 2.79. The van der Waals surface area contributed by atoms with Gasteiger partial charge < -0.3 is 4.74 Å². The summed E-state index contributed by atoms with van der Waals surface area (Å²) in [6, 6.07) is 0. The van der Waals surface area contributed by atoms with Crippen molar-refractivity contribution >= 4 is 17.7 Å². The molecule has 0 aromatic rings. The summed E-state index contributed by atoms with van der Waals surface area (Å²) in [6.45, 7) is 3.31. The van der Waals surface area contributed by atoms with Crippen molar-refractivity contribution in [3.8, 4) is 0 Å². The van der Waals surface area contributed by atoms with Crippen LogP contribution in [-0.4, -0.2) is 24.1 Å². The van der Waals surface area contributed by atoms with Crippen molar-refractivity contribution in [3.63, 3.8) is 0 Å². The summed E-state index contributed by atoms with van der Waals surface area (Å²) in [7, 11) is 0. The molecule has 1 atom stereocenters. The van der Waals surface area contributed by atoms with Gasteiger partial charge in [-0.25, -0.2) is 0 Å². The van der Waals surface area contributed by atoms with Crippen LogP contribution in [0.1, 0.15) is 13.8 Å². The van der Waals surface area contributed by atoms with E-state index in [9.17, 15) is 4.79 Å². The molecule has 0 aromatic carbocycles. The molecule has 0 aliphatic carbocycles. The average molecular weight is 148 g/mol. The van der Waals surface area contributed by atoms with E-state index >= 15 is 0 Å². The van der Waals surface area contributed by atoms with Crippen molar-refractivity contribution in [1.82, 2.24) is 0 Å². The van der Waals surface area contributed by atoms with Gasteiger partial charge >= 0.3 is 5.97 Å². The summed E-state index contributed by atoms with van der Waals surface area (Å²) in [6.07, 6.45) is 2.04. The van der Waals surface area contributed by atoms with Gasteiger partial charge in [-0.3, -0.25) is 4.79 Å². The number of carbonyl (C=O) groups excluding carboxylic acids is 1. The molecule has 0 amide bonds. The van der Waals surface area contributed by atoms with Crippen molar-refractivity contribution in [3.05, 3.63) is 0 Å². The largest absolute Gasteiger partial charge is 0.462 e. The third-order valence-corrected chi connectivity index (χ3v) is 1.57. The lowest BCUT2D eigenvalue weighted by atomic mass is 10.5. The van der Waals surface area contributed by atoms with Crippen LogP contribution in [0.5, 0.6) is 0 Å². The second-order valence-electron chi connectivity index (χ2n) is 1.88. The predicted molar refractivity (Wildman–Crippen MR) is 39.6 cm³/mol. The lowest BCUT2D eigenvalue weighted by molar-refractivity contribution is -0.144. The first kappa shape index (κ1) is 8.82. The SMILES string of the molecule is CSC[C@@H](C)OC(C)=O. The van der Waals surface area contributed by atoms with Crippen LogP contribution in [0, 0.1) is 0 Å². The first-order valence-corrected chi connectivity index (χ1v) is 4.22. The zero-order chi connectivity index (χ0) is 7.28. The minimum Gasteiger partial charge on any atom is -0.462 e. The highest BCUT2D eigenvalue weighted by Gasteiger charge is 2.01. The lowest BCUT2D eigenvalue weighted by Gasteiger charge is -2.08. The van der Waals surface area contributed by atoms with Crippen molar-refractivity contribution in [2.24, 2.45) is 0 Å². The van der Waals surface area contributed by atoms with Gasteiger partial charge in [0.15, 0.2) is 0 Å². The van der Waals surface area contributed by atoms with Gasteiger partial charge in [0.2, 0.25) is 0 Å². The van der Waals surface area contributed by atoms with E-state index in [2.05, 4.69) is 0 Å². The lowest BCUT2D eigenvalue weighted by Crippen LogP contribution is -2.14. The monoisotopic (exact) mass is 148 g/mol. The van der Waals surface area contributed by atoms with Crippen LogP contribution in [0.2, 0.25) is 0 Å². The topological polar surface area (TPSA) is 26.3 Å². The fourth-order valence-corrected chi connectivity index (χ4v) is 1.09. The Hall–Kier alpha value is -0.180. The third-order valence-electron chi connectivity index (χ3n) is 0.769. The summed E-state index contributed by atoms with van der Waals surface area (Å²) in [5.74, 6) is 0.677. The molecule has 9 heavy (non-hydrogen) atoms. The van der Waals surface area contributed by atoms with Gasteiger partial charge in [0, 0.05) is 12.7 Å². The molecule has 0 saturated carbocycles. The molecule has 0 saturated heterocycles. The fourth-order valence-electron chi connectivity index (χ4n) is 0.552. The maximum absolute atomic E-state index is 10.3. The van der Waals surface area contributed by atoms with Gasteiger partial charge in [-0.1, -0.05) is 0 Å². The van der Waals surface area contributed by atoms with Crippen LogP contribution < -0.4 is 0 Å². The number of ether oxygens (including phenoxy) is 1. The van der Waals surface area contributed by atoms with E-state index in [0.29, 0.717) is 0 Å². The molecule has 54 valence electrons. The number of esters is 1. The number of carbonyl (C=O) groups is 1. The Morgan fingerprint density at radius 1 is 1.78 bits per heavy atom. The van der Waals surface area contributed by atoms with E-state index in [1.165, 1.54) is 6.92 Å². The number of hydrogen-bond donors (Lipinski definition) is 0. The molecule has 0 unspecified atom stereocenters. The molecule has 2 nitrogen and oxygen atoms in total. The smallest absolute Gasteiger partial charge is 0.302 e. The Balaban J connectivity index is 3.26. The van der Waals surface area contributed by atoms with Crippen LogP contribution in [0.4, 0.5) is 0 Å². The maximum Gasteiger partial charge on any atom is 0.302 e. The maximum atomic E-state index is 10.3. The molecular formula is C6H12O2S. The summed E-state index contributed by atoms with van der Waals surface area (Å²) in [5, 5.41) is 0. The number of hydrogen-bond acceptors (Lipinski definition) is 3. The van der Waals surface area contributed by atoms with Crippen LogP contribution in [0.3, 0.4) is 0 Å². The quantitative estimate of drug-likeness (QED) is 0.564. The van der Waals surface area contributed by atoms with Gasteiger partial charge in [-0.05, 0) is 13.2 Å². The van der Waals surface area contributed by atoms with Crippen LogP contribution in [-0.2, 0) is 9.53 Å². The summed E-state index contributed by atoms with van der Waals surface area (Å²) in [5.41, 5.74) is 0. The van der Waals surface area contributed by atoms with Crippen LogP contribution in [0.15, 0.2) is 0 Å².